The van der Waals surface area contributed by atoms with Gasteiger partial charge in [-0.25, -0.2) is 0 Å². The minimum atomic E-state index is -0.0326. The van der Waals surface area contributed by atoms with Gasteiger partial charge in [-0.05, 0) is 13.3 Å². The van der Waals surface area contributed by atoms with Crippen molar-refractivity contribution in [2.24, 2.45) is 0 Å². The number of carbonyl (C=O) groups excluding carboxylic acids is 1. The maximum absolute atomic E-state index is 11.2. The van der Waals surface area contributed by atoms with Gasteiger partial charge in [0.2, 0.25) is 5.91 Å². The molecule has 0 saturated carbocycles. The van der Waals surface area contributed by atoms with E-state index in [0.717, 1.165) is 12.0 Å². The van der Waals surface area contributed by atoms with Crippen LogP contribution in [-0.2, 0) is 4.79 Å². The van der Waals surface area contributed by atoms with E-state index in [-0.39, 0.29) is 5.91 Å². The van der Waals surface area contributed by atoms with Gasteiger partial charge in [0, 0.05) is 18.5 Å². The monoisotopic (exact) mass is 243 g/mol. The first-order chi connectivity index (χ1) is 7.70. The molecule has 0 aliphatic rings. The van der Waals surface area contributed by atoms with Gasteiger partial charge in [-0.3, -0.25) is 4.79 Å². The first kappa shape index (κ1) is 17.4. The van der Waals surface area contributed by atoms with Crippen LogP contribution in [0, 0.1) is 0 Å². The fraction of sp³-hybridized carbons (Fsp3) is 0.462. The summed E-state index contributed by atoms with van der Waals surface area (Å²) in [6.07, 6.45) is 8.16. The lowest BCUT2D eigenvalue weighted by Crippen LogP contribution is -2.16. The molecule has 0 saturated heterocycles. The largest absolute Gasteiger partial charge is 0.332 e. The Morgan fingerprint density at radius 2 is 1.94 bits per heavy atom. The van der Waals surface area contributed by atoms with E-state index in [1.807, 2.05) is 20.8 Å². The second-order valence-electron chi connectivity index (χ2n) is 2.88. The predicted octanol–water partition coefficient (Wildman–Crippen LogP) is 3.79. The van der Waals surface area contributed by atoms with Gasteiger partial charge in [0.1, 0.15) is 0 Å². The Balaban J connectivity index is 0. The molecule has 0 aliphatic heterocycles. The highest BCUT2D eigenvalue weighted by atomic mass is 35.5. The Hall–Kier alpha value is -1.02. The normalized spacial score (nSPS) is 10.6. The molecular weight excluding hydrogens is 222 g/mol. The summed E-state index contributed by atoms with van der Waals surface area (Å²) in [5, 5.41) is 2.68. The molecule has 0 aromatic carbocycles. The summed E-state index contributed by atoms with van der Waals surface area (Å²) in [6.45, 7) is 9.55. The Morgan fingerprint density at radius 1 is 1.31 bits per heavy atom. The number of halogens is 1. The Bertz CT molecular complexity index is 244. The van der Waals surface area contributed by atoms with E-state index in [1.54, 1.807) is 24.4 Å². The van der Waals surface area contributed by atoms with Crippen molar-refractivity contribution in [3.8, 4) is 0 Å². The quantitative estimate of drug-likeness (QED) is 0.558. The van der Waals surface area contributed by atoms with E-state index in [0.29, 0.717) is 12.3 Å². The van der Waals surface area contributed by atoms with Crippen LogP contribution in [-0.4, -0.2) is 11.8 Å². The third-order valence-electron chi connectivity index (χ3n) is 1.50. The van der Waals surface area contributed by atoms with Crippen LogP contribution in [0.1, 0.15) is 33.6 Å². The van der Waals surface area contributed by atoms with Crippen molar-refractivity contribution >= 4 is 17.5 Å². The number of alkyl halides is 1. The summed E-state index contributed by atoms with van der Waals surface area (Å²) in [5.74, 6) is 0.410. The minimum absolute atomic E-state index is 0.0326. The summed E-state index contributed by atoms with van der Waals surface area (Å²) in [6, 6.07) is 0. The van der Waals surface area contributed by atoms with Crippen LogP contribution in [0.4, 0.5) is 0 Å². The first-order valence-electron chi connectivity index (χ1n) is 5.47. The molecule has 0 atom stereocenters. The molecule has 0 aromatic rings. The van der Waals surface area contributed by atoms with Crippen molar-refractivity contribution in [3.05, 3.63) is 36.6 Å². The molecule has 1 amide bonds. The number of carbonyl (C=O) groups is 1. The Morgan fingerprint density at radius 3 is 2.44 bits per heavy atom. The molecule has 1 N–H and O–H groups in total. The molecule has 92 valence electrons. The van der Waals surface area contributed by atoms with Gasteiger partial charge >= 0.3 is 0 Å². The summed E-state index contributed by atoms with van der Waals surface area (Å²) in [7, 11) is 0. The SMILES string of the molecule is C=CC/C(C)=C/NC(=O)C/C=C/CCl.CC. The van der Waals surface area contributed by atoms with E-state index in [4.69, 9.17) is 11.6 Å². The first-order valence-corrected chi connectivity index (χ1v) is 6.01. The average Bonchev–Trinajstić information content (AvgIpc) is 2.30. The summed E-state index contributed by atoms with van der Waals surface area (Å²) in [4.78, 5) is 11.2. The standard InChI is InChI=1S/C11H16ClNO.C2H6/c1-3-6-10(2)9-13-11(14)7-4-5-8-12;1-2/h3-5,9H,1,6-8H2,2H3,(H,13,14);1-2H3/b5-4+,10-9+;. The van der Waals surface area contributed by atoms with Gasteiger partial charge in [0.25, 0.3) is 0 Å². The lowest BCUT2D eigenvalue weighted by atomic mass is 10.2. The van der Waals surface area contributed by atoms with Gasteiger partial charge in [-0.1, -0.05) is 37.6 Å². The van der Waals surface area contributed by atoms with Crippen LogP contribution in [0.5, 0.6) is 0 Å². The van der Waals surface area contributed by atoms with Crippen molar-refractivity contribution in [1.29, 1.82) is 0 Å². The van der Waals surface area contributed by atoms with Gasteiger partial charge in [-0.2, -0.15) is 0 Å². The van der Waals surface area contributed by atoms with Crippen molar-refractivity contribution in [2.45, 2.75) is 33.6 Å². The fourth-order valence-corrected chi connectivity index (χ4v) is 0.929. The highest BCUT2D eigenvalue weighted by molar-refractivity contribution is 6.18. The molecule has 0 fully saturated rings. The van der Waals surface area contributed by atoms with Gasteiger partial charge in [0.05, 0.1) is 0 Å². The van der Waals surface area contributed by atoms with Crippen LogP contribution in [0.2, 0.25) is 0 Å². The third kappa shape index (κ3) is 13.0. The van der Waals surface area contributed by atoms with Gasteiger partial charge in [-0.15, -0.1) is 18.2 Å². The summed E-state index contributed by atoms with van der Waals surface area (Å²) in [5.41, 5.74) is 1.08. The molecule has 0 aromatic heterocycles. The van der Waals surface area contributed by atoms with Crippen LogP contribution >= 0.6 is 11.6 Å². The summed E-state index contributed by atoms with van der Waals surface area (Å²) < 4.78 is 0. The fourth-order valence-electron chi connectivity index (χ4n) is 0.803. The zero-order chi connectivity index (χ0) is 12.8. The maximum Gasteiger partial charge on any atom is 0.227 e. The molecule has 0 aliphatic carbocycles. The van der Waals surface area contributed by atoms with Crippen LogP contribution in [0.3, 0.4) is 0 Å². The van der Waals surface area contributed by atoms with E-state index >= 15 is 0 Å². The second-order valence-corrected chi connectivity index (χ2v) is 3.19. The Labute approximate surface area is 104 Å². The number of allylic oxidation sites excluding steroid dienone is 3. The molecule has 0 unspecified atom stereocenters. The third-order valence-corrected chi connectivity index (χ3v) is 1.68. The molecule has 16 heavy (non-hydrogen) atoms. The van der Waals surface area contributed by atoms with Gasteiger partial charge < -0.3 is 5.32 Å². The highest BCUT2D eigenvalue weighted by Crippen LogP contribution is 1.97. The topological polar surface area (TPSA) is 29.1 Å². The molecule has 0 rings (SSSR count). The number of amides is 1. The van der Waals surface area contributed by atoms with Gasteiger partial charge in [0.15, 0.2) is 0 Å². The van der Waals surface area contributed by atoms with E-state index in [1.165, 1.54) is 0 Å². The molecule has 0 radical (unpaired) electrons. The number of nitrogens with one attached hydrogen (secondary N) is 1. The minimum Gasteiger partial charge on any atom is -0.332 e. The van der Waals surface area contributed by atoms with E-state index in [2.05, 4.69) is 11.9 Å². The van der Waals surface area contributed by atoms with Crippen molar-refractivity contribution in [2.75, 3.05) is 5.88 Å². The predicted molar refractivity (Wildman–Crippen MR) is 72.5 cm³/mol. The van der Waals surface area contributed by atoms with E-state index < -0.39 is 0 Å². The van der Waals surface area contributed by atoms with E-state index in [9.17, 15) is 4.79 Å². The molecule has 0 bridgehead atoms. The zero-order valence-electron chi connectivity index (χ0n) is 10.4. The average molecular weight is 244 g/mol. The molecular formula is C13H22ClNO. The van der Waals surface area contributed by atoms with Crippen molar-refractivity contribution in [3.63, 3.8) is 0 Å². The molecule has 2 nitrogen and oxygen atoms in total. The molecule has 0 heterocycles. The Kier molecular flexibility index (Phi) is 15.2. The van der Waals surface area contributed by atoms with Crippen LogP contribution in [0.25, 0.3) is 0 Å². The smallest absolute Gasteiger partial charge is 0.227 e. The number of hydrogen-bond acceptors (Lipinski definition) is 1. The van der Waals surface area contributed by atoms with Crippen LogP contribution < -0.4 is 5.32 Å². The zero-order valence-corrected chi connectivity index (χ0v) is 11.2. The number of hydrogen-bond donors (Lipinski definition) is 1. The lowest BCUT2D eigenvalue weighted by molar-refractivity contribution is -0.119. The second kappa shape index (κ2) is 14.0. The molecule has 3 heteroatoms. The summed E-state index contributed by atoms with van der Waals surface area (Å²) >= 11 is 5.41. The van der Waals surface area contributed by atoms with Crippen LogP contribution in [0.15, 0.2) is 36.6 Å². The van der Waals surface area contributed by atoms with Crippen molar-refractivity contribution < 1.29 is 4.79 Å². The number of rotatable bonds is 6. The highest BCUT2D eigenvalue weighted by Gasteiger charge is 1.94. The lowest BCUT2D eigenvalue weighted by Gasteiger charge is -1.98. The maximum atomic E-state index is 11.2. The van der Waals surface area contributed by atoms with Crippen molar-refractivity contribution in [1.82, 2.24) is 5.32 Å². The molecule has 0 spiro atoms.